The van der Waals surface area contributed by atoms with Crippen LogP contribution in [0.2, 0.25) is 0 Å². The van der Waals surface area contributed by atoms with Crippen molar-refractivity contribution in [2.75, 3.05) is 18.4 Å². The number of aromatic nitrogens is 2. The fraction of sp³-hybridized carbons (Fsp3) is 0.417. The first-order valence-corrected chi connectivity index (χ1v) is 6.59. The minimum Gasteiger partial charge on any atom is -0.382 e. The van der Waals surface area contributed by atoms with Crippen LogP contribution in [0.15, 0.2) is 15.5 Å². The van der Waals surface area contributed by atoms with Crippen LogP contribution in [0.3, 0.4) is 0 Å². The molecule has 2 N–H and O–H groups in total. The molecule has 0 saturated carbocycles. The Labute approximate surface area is 119 Å². The summed E-state index contributed by atoms with van der Waals surface area (Å²) >= 11 is 3.19. The third-order valence-corrected chi connectivity index (χ3v) is 3.03. The van der Waals surface area contributed by atoms with Gasteiger partial charge in [-0.3, -0.25) is 9.59 Å². The van der Waals surface area contributed by atoms with E-state index in [1.165, 1.54) is 10.9 Å². The number of hydrogen-bond acceptors (Lipinski definition) is 4. The highest BCUT2D eigenvalue weighted by molar-refractivity contribution is 9.10. The first-order chi connectivity index (χ1) is 9.10. The minimum atomic E-state index is -0.305. The maximum absolute atomic E-state index is 11.8. The highest BCUT2D eigenvalue weighted by atomic mass is 79.9. The Morgan fingerprint density at radius 1 is 1.63 bits per heavy atom. The van der Waals surface area contributed by atoms with Gasteiger partial charge in [-0.2, -0.15) is 5.10 Å². The van der Waals surface area contributed by atoms with Gasteiger partial charge in [0.2, 0.25) is 5.91 Å². The van der Waals surface area contributed by atoms with Gasteiger partial charge in [-0.05, 0) is 22.9 Å². The summed E-state index contributed by atoms with van der Waals surface area (Å²) in [6, 6.07) is 0. The molecule has 0 bridgehead atoms. The molecule has 1 heterocycles. The highest BCUT2D eigenvalue weighted by Gasteiger charge is 2.08. The summed E-state index contributed by atoms with van der Waals surface area (Å²) in [7, 11) is 0. The summed E-state index contributed by atoms with van der Waals surface area (Å²) in [4.78, 5) is 23.1. The lowest BCUT2D eigenvalue weighted by atomic mass is 10.3. The molecule has 6 nitrogen and oxygen atoms in total. The zero-order chi connectivity index (χ0) is 14.3. The Hall–Kier alpha value is -1.81. The van der Waals surface area contributed by atoms with Gasteiger partial charge < -0.3 is 10.6 Å². The van der Waals surface area contributed by atoms with Crippen LogP contribution in [0.1, 0.15) is 13.3 Å². The smallest absolute Gasteiger partial charge is 0.284 e. The summed E-state index contributed by atoms with van der Waals surface area (Å²) in [6.45, 7) is 3.00. The molecule has 0 aliphatic heterocycles. The molecule has 102 valence electrons. The Kier molecular flexibility index (Phi) is 6.09. The predicted octanol–water partition coefficient (Wildman–Crippen LogP) is 0.577. The van der Waals surface area contributed by atoms with Crippen LogP contribution in [-0.4, -0.2) is 28.8 Å². The van der Waals surface area contributed by atoms with Crippen molar-refractivity contribution < 1.29 is 4.79 Å². The number of halogens is 1. The summed E-state index contributed by atoms with van der Waals surface area (Å²) < 4.78 is 1.53. The maximum Gasteiger partial charge on any atom is 0.284 e. The van der Waals surface area contributed by atoms with E-state index in [1.54, 1.807) is 0 Å². The molecule has 1 rings (SSSR count). The number of nitrogens with one attached hydrogen (secondary N) is 2. The first-order valence-electron chi connectivity index (χ1n) is 5.79. The molecule has 0 saturated heterocycles. The molecule has 0 fully saturated rings. The normalized spacial score (nSPS) is 9.74. The number of carbonyl (C=O) groups is 1. The van der Waals surface area contributed by atoms with Gasteiger partial charge in [-0.15, -0.1) is 6.42 Å². The van der Waals surface area contributed by atoms with Crippen molar-refractivity contribution in [3.63, 3.8) is 0 Å². The number of anilines is 1. The highest BCUT2D eigenvalue weighted by Crippen LogP contribution is 2.15. The number of rotatable bonds is 6. The van der Waals surface area contributed by atoms with E-state index in [9.17, 15) is 9.59 Å². The van der Waals surface area contributed by atoms with E-state index in [1.807, 2.05) is 6.92 Å². The molecular weight excluding hydrogens is 312 g/mol. The van der Waals surface area contributed by atoms with Gasteiger partial charge in [0.05, 0.1) is 11.9 Å². The Balaban J connectivity index is 2.66. The monoisotopic (exact) mass is 326 g/mol. The molecule has 19 heavy (non-hydrogen) atoms. The standard InChI is InChI=1S/C12H15BrN4O2/c1-3-7-17-12(19)11(13)9(8-16-17)15-6-5-10(18)14-4-2/h1,8,15H,4-7H2,2H3,(H,14,18). The van der Waals surface area contributed by atoms with Gasteiger partial charge in [0.1, 0.15) is 11.0 Å². The molecule has 1 aromatic heterocycles. The summed E-state index contributed by atoms with van der Waals surface area (Å²) in [5.74, 6) is 2.31. The zero-order valence-electron chi connectivity index (χ0n) is 10.6. The zero-order valence-corrected chi connectivity index (χ0v) is 12.2. The van der Waals surface area contributed by atoms with Crippen LogP contribution < -0.4 is 16.2 Å². The van der Waals surface area contributed by atoms with E-state index >= 15 is 0 Å². The molecule has 0 aliphatic carbocycles. The minimum absolute atomic E-state index is 0.0419. The van der Waals surface area contributed by atoms with Crippen molar-refractivity contribution in [1.82, 2.24) is 15.1 Å². The maximum atomic E-state index is 11.8. The summed E-state index contributed by atoms with van der Waals surface area (Å²) in [5.41, 5.74) is 0.239. The second-order valence-corrected chi connectivity index (χ2v) is 4.46. The van der Waals surface area contributed by atoms with E-state index in [4.69, 9.17) is 6.42 Å². The Bertz CT molecular complexity index is 548. The molecule has 0 unspecified atom stereocenters. The van der Waals surface area contributed by atoms with Gasteiger partial charge in [-0.25, -0.2) is 4.68 Å². The Morgan fingerprint density at radius 3 is 3.00 bits per heavy atom. The average molecular weight is 327 g/mol. The third-order valence-electron chi connectivity index (χ3n) is 2.27. The molecule has 0 aromatic carbocycles. The SMILES string of the molecule is C#CCn1ncc(NCCC(=O)NCC)c(Br)c1=O. The van der Waals surface area contributed by atoms with Crippen LogP contribution in [0.4, 0.5) is 5.69 Å². The van der Waals surface area contributed by atoms with E-state index in [-0.39, 0.29) is 18.0 Å². The van der Waals surface area contributed by atoms with Crippen molar-refractivity contribution in [2.24, 2.45) is 0 Å². The number of nitrogens with zero attached hydrogens (tertiary/aromatic N) is 2. The quantitative estimate of drug-likeness (QED) is 0.750. The van der Waals surface area contributed by atoms with Crippen molar-refractivity contribution in [3.05, 3.63) is 21.0 Å². The molecule has 0 spiro atoms. The molecule has 0 aliphatic rings. The topological polar surface area (TPSA) is 76.0 Å². The molecule has 1 aromatic rings. The van der Waals surface area contributed by atoms with Crippen molar-refractivity contribution in [3.8, 4) is 12.3 Å². The molecule has 1 amide bonds. The van der Waals surface area contributed by atoms with Crippen LogP contribution in [0.5, 0.6) is 0 Å². The van der Waals surface area contributed by atoms with Crippen LogP contribution in [0.25, 0.3) is 0 Å². The predicted molar refractivity (Wildman–Crippen MR) is 76.8 cm³/mol. The molecular formula is C12H15BrN4O2. The number of amides is 1. The lowest BCUT2D eigenvalue weighted by Gasteiger charge is -2.09. The van der Waals surface area contributed by atoms with E-state index in [0.717, 1.165) is 0 Å². The van der Waals surface area contributed by atoms with Crippen molar-refractivity contribution in [1.29, 1.82) is 0 Å². The second-order valence-electron chi connectivity index (χ2n) is 3.67. The molecule has 7 heteroatoms. The summed E-state index contributed by atoms with van der Waals surface area (Å²) in [5, 5.41) is 9.60. The fourth-order valence-electron chi connectivity index (χ4n) is 1.38. The van der Waals surface area contributed by atoms with E-state index in [2.05, 4.69) is 37.6 Å². The van der Waals surface area contributed by atoms with Gasteiger partial charge in [0.25, 0.3) is 5.56 Å². The number of hydrogen-bond donors (Lipinski definition) is 2. The molecule has 0 radical (unpaired) electrons. The van der Waals surface area contributed by atoms with E-state index < -0.39 is 0 Å². The van der Waals surface area contributed by atoms with E-state index in [0.29, 0.717) is 29.7 Å². The average Bonchev–Trinajstić information content (AvgIpc) is 2.38. The van der Waals surface area contributed by atoms with Crippen LogP contribution >= 0.6 is 15.9 Å². The lowest BCUT2D eigenvalue weighted by molar-refractivity contribution is -0.120. The first kappa shape index (κ1) is 15.2. The Morgan fingerprint density at radius 2 is 2.37 bits per heavy atom. The number of terminal acetylenes is 1. The lowest BCUT2D eigenvalue weighted by Crippen LogP contribution is -2.26. The number of carbonyl (C=O) groups excluding carboxylic acids is 1. The second kappa shape index (κ2) is 7.59. The van der Waals surface area contributed by atoms with Crippen LogP contribution in [0, 0.1) is 12.3 Å². The van der Waals surface area contributed by atoms with Gasteiger partial charge in [-0.1, -0.05) is 5.92 Å². The molecule has 0 atom stereocenters. The van der Waals surface area contributed by atoms with Gasteiger partial charge in [0, 0.05) is 19.5 Å². The van der Waals surface area contributed by atoms with Gasteiger partial charge >= 0.3 is 0 Å². The van der Waals surface area contributed by atoms with Crippen LogP contribution in [-0.2, 0) is 11.3 Å². The van der Waals surface area contributed by atoms with Crippen molar-refractivity contribution in [2.45, 2.75) is 19.9 Å². The largest absolute Gasteiger partial charge is 0.382 e. The third kappa shape index (κ3) is 4.41. The fourth-order valence-corrected chi connectivity index (χ4v) is 1.83. The summed E-state index contributed by atoms with van der Waals surface area (Å²) in [6.07, 6.45) is 6.96. The van der Waals surface area contributed by atoms with Gasteiger partial charge in [0.15, 0.2) is 0 Å². The van der Waals surface area contributed by atoms with Crippen molar-refractivity contribution >= 4 is 27.5 Å².